The molecule has 0 atom stereocenters. The topological polar surface area (TPSA) is 75.7 Å². The number of nitrogens with zero attached hydrogens (tertiary/aromatic N) is 1. The molecule has 0 saturated carbocycles. The van der Waals surface area contributed by atoms with Gasteiger partial charge in [0.1, 0.15) is 6.54 Å². The summed E-state index contributed by atoms with van der Waals surface area (Å²) in [4.78, 5) is 37.3. The molecule has 0 aromatic heterocycles. The maximum atomic E-state index is 12.0. The highest BCUT2D eigenvalue weighted by atomic mass is 16.5. The number of hydrogen-bond donors (Lipinski definition) is 1. The molecule has 2 amide bonds. The third-order valence-electron chi connectivity index (χ3n) is 4.17. The van der Waals surface area contributed by atoms with Crippen molar-refractivity contribution in [2.75, 3.05) is 26.2 Å². The summed E-state index contributed by atoms with van der Waals surface area (Å²) >= 11 is 0. The van der Waals surface area contributed by atoms with Gasteiger partial charge in [-0.3, -0.25) is 14.4 Å². The molecule has 24 heavy (non-hydrogen) atoms. The van der Waals surface area contributed by atoms with Crippen molar-refractivity contribution in [1.82, 2.24) is 10.2 Å². The Kier molecular flexibility index (Phi) is 6.35. The predicted octanol–water partition coefficient (Wildman–Crippen LogP) is 1.53. The van der Waals surface area contributed by atoms with Gasteiger partial charge in [-0.25, -0.2) is 0 Å². The fourth-order valence-electron chi connectivity index (χ4n) is 2.58. The van der Waals surface area contributed by atoms with Crippen molar-refractivity contribution in [3.05, 3.63) is 35.4 Å². The number of amides is 2. The van der Waals surface area contributed by atoms with E-state index < -0.39 is 5.97 Å². The van der Waals surface area contributed by atoms with E-state index >= 15 is 0 Å². The summed E-state index contributed by atoms with van der Waals surface area (Å²) in [5.41, 5.74) is 1.45. The smallest absolute Gasteiger partial charge is 0.325 e. The van der Waals surface area contributed by atoms with Gasteiger partial charge in [0.25, 0.3) is 11.8 Å². The molecule has 130 valence electrons. The van der Waals surface area contributed by atoms with Crippen LogP contribution in [0.1, 0.15) is 35.7 Å². The van der Waals surface area contributed by atoms with E-state index in [1.807, 2.05) is 13.0 Å². The van der Waals surface area contributed by atoms with Crippen molar-refractivity contribution in [2.24, 2.45) is 5.92 Å². The molecule has 0 unspecified atom stereocenters. The molecule has 1 heterocycles. The molecule has 0 bridgehead atoms. The summed E-state index contributed by atoms with van der Waals surface area (Å²) in [5, 5.41) is 2.50. The Labute approximate surface area is 142 Å². The molecular formula is C18H24N2O4. The second kappa shape index (κ2) is 8.47. The van der Waals surface area contributed by atoms with Gasteiger partial charge in [-0.05, 0) is 37.8 Å². The largest absolute Gasteiger partial charge is 0.454 e. The Bertz CT molecular complexity index is 607. The van der Waals surface area contributed by atoms with Crippen molar-refractivity contribution in [3.63, 3.8) is 0 Å². The van der Waals surface area contributed by atoms with Gasteiger partial charge in [0, 0.05) is 18.7 Å². The van der Waals surface area contributed by atoms with Crippen molar-refractivity contribution < 1.29 is 19.1 Å². The molecule has 1 saturated heterocycles. The van der Waals surface area contributed by atoms with Crippen LogP contribution in [0.2, 0.25) is 0 Å². The lowest BCUT2D eigenvalue weighted by Crippen LogP contribution is -2.41. The molecule has 0 radical (unpaired) electrons. The third-order valence-corrected chi connectivity index (χ3v) is 4.17. The van der Waals surface area contributed by atoms with Gasteiger partial charge in [0.15, 0.2) is 6.61 Å². The van der Waals surface area contributed by atoms with E-state index in [4.69, 9.17) is 4.74 Å². The molecule has 0 spiro atoms. The standard InChI is InChI=1S/C18H24N2O4/c1-13-6-8-20(9-7-13)16(21)12-24-17(22)11-19-18(23)15-5-3-4-14(2)10-15/h3-5,10,13H,6-9,11-12H2,1-2H3,(H,19,23). The Morgan fingerprint density at radius 3 is 2.62 bits per heavy atom. The summed E-state index contributed by atoms with van der Waals surface area (Å²) < 4.78 is 4.95. The van der Waals surface area contributed by atoms with Crippen LogP contribution in [0.3, 0.4) is 0 Å². The SMILES string of the molecule is Cc1cccc(C(=O)NCC(=O)OCC(=O)N2CCC(C)CC2)c1. The maximum Gasteiger partial charge on any atom is 0.325 e. The molecule has 1 aliphatic heterocycles. The number of rotatable bonds is 5. The highest BCUT2D eigenvalue weighted by Gasteiger charge is 2.21. The van der Waals surface area contributed by atoms with Crippen molar-refractivity contribution >= 4 is 17.8 Å². The monoisotopic (exact) mass is 332 g/mol. The Balaban J connectivity index is 1.69. The number of aryl methyl sites for hydroxylation is 1. The quantitative estimate of drug-likeness (QED) is 0.830. The van der Waals surface area contributed by atoms with Gasteiger partial charge >= 0.3 is 5.97 Å². The van der Waals surface area contributed by atoms with Crippen LogP contribution >= 0.6 is 0 Å². The number of nitrogens with one attached hydrogen (secondary N) is 1. The lowest BCUT2D eigenvalue weighted by Gasteiger charge is -2.30. The van der Waals surface area contributed by atoms with Crippen molar-refractivity contribution in [3.8, 4) is 0 Å². The number of carbonyl (C=O) groups is 3. The van der Waals surface area contributed by atoms with Gasteiger partial charge in [-0.2, -0.15) is 0 Å². The molecule has 1 aromatic rings. The summed E-state index contributed by atoms with van der Waals surface area (Å²) in [6, 6.07) is 7.08. The van der Waals surface area contributed by atoms with E-state index in [0.717, 1.165) is 18.4 Å². The summed E-state index contributed by atoms with van der Waals surface area (Å²) in [7, 11) is 0. The Hall–Kier alpha value is -2.37. The van der Waals surface area contributed by atoms with Gasteiger partial charge in [0.05, 0.1) is 0 Å². The predicted molar refractivity (Wildman–Crippen MR) is 89.4 cm³/mol. The van der Waals surface area contributed by atoms with Crippen LogP contribution in [0.4, 0.5) is 0 Å². The lowest BCUT2D eigenvalue weighted by atomic mass is 9.99. The normalized spacial score (nSPS) is 15.0. The minimum atomic E-state index is -0.616. The first kappa shape index (κ1) is 18.0. The van der Waals surface area contributed by atoms with E-state index in [9.17, 15) is 14.4 Å². The summed E-state index contributed by atoms with van der Waals surface area (Å²) in [5.74, 6) is -0.504. The minimum absolute atomic E-state index is 0.180. The van der Waals surface area contributed by atoms with Crippen LogP contribution < -0.4 is 5.32 Å². The zero-order valence-electron chi connectivity index (χ0n) is 14.2. The zero-order chi connectivity index (χ0) is 17.5. The molecule has 1 aromatic carbocycles. The number of likely N-dealkylation sites (tertiary alicyclic amines) is 1. The van der Waals surface area contributed by atoms with Gasteiger partial charge in [-0.15, -0.1) is 0 Å². The second-order valence-electron chi connectivity index (χ2n) is 6.28. The number of ether oxygens (including phenoxy) is 1. The van der Waals surface area contributed by atoms with Crippen LogP contribution in [0.25, 0.3) is 0 Å². The second-order valence-corrected chi connectivity index (χ2v) is 6.28. The molecule has 1 aliphatic rings. The summed E-state index contributed by atoms with van der Waals surface area (Å²) in [6.07, 6.45) is 1.96. The number of benzene rings is 1. The van der Waals surface area contributed by atoms with Gasteiger partial charge in [0.2, 0.25) is 0 Å². The van der Waals surface area contributed by atoms with Crippen molar-refractivity contribution in [1.29, 1.82) is 0 Å². The van der Waals surface area contributed by atoms with Gasteiger partial charge < -0.3 is 15.0 Å². The third kappa shape index (κ3) is 5.37. The van der Waals surface area contributed by atoms with Crippen LogP contribution in [0, 0.1) is 12.8 Å². The van der Waals surface area contributed by atoms with E-state index in [2.05, 4.69) is 12.2 Å². The van der Waals surface area contributed by atoms with Crippen LogP contribution in [-0.2, 0) is 14.3 Å². The first-order valence-corrected chi connectivity index (χ1v) is 8.24. The fraction of sp³-hybridized carbons (Fsp3) is 0.500. The fourth-order valence-corrected chi connectivity index (χ4v) is 2.58. The molecule has 1 N–H and O–H groups in total. The first-order valence-electron chi connectivity index (χ1n) is 8.24. The molecule has 1 fully saturated rings. The van der Waals surface area contributed by atoms with E-state index in [1.165, 1.54) is 0 Å². The zero-order valence-corrected chi connectivity index (χ0v) is 14.2. The highest BCUT2D eigenvalue weighted by Crippen LogP contribution is 2.15. The highest BCUT2D eigenvalue weighted by molar-refractivity contribution is 5.96. The number of hydrogen-bond acceptors (Lipinski definition) is 4. The van der Waals surface area contributed by atoms with Crippen LogP contribution in [-0.4, -0.2) is 48.9 Å². The molecule has 2 rings (SSSR count). The van der Waals surface area contributed by atoms with Crippen LogP contribution in [0.5, 0.6) is 0 Å². The minimum Gasteiger partial charge on any atom is -0.454 e. The average molecular weight is 332 g/mol. The maximum absolute atomic E-state index is 12.0. The van der Waals surface area contributed by atoms with E-state index in [0.29, 0.717) is 24.6 Å². The first-order chi connectivity index (χ1) is 11.5. The van der Waals surface area contributed by atoms with E-state index in [1.54, 1.807) is 23.1 Å². The molecule has 6 heteroatoms. The number of esters is 1. The Morgan fingerprint density at radius 1 is 1.25 bits per heavy atom. The number of carbonyl (C=O) groups excluding carboxylic acids is 3. The summed E-state index contributed by atoms with van der Waals surface area (Å²) in [6.45, 7) is 4.95. The number of piperidine rings is 1. The van der Waals surface area contributed by atoms with E-state index in [-0.39, 0.29) is 25.0 Å². The average Bonchev–Trinajstić information content (AvgIpc) is 2.58. The Morgan fingerprint density at radius 2 is 1.96 bits per heavy atom. The van der Waals surface area contributed by atoms with Crippen LogP contribution in [0.15, 0.2) is 24.3 Å². The van der Waals surface area contributed by atoms with Gasteiger partial charge in [-0.1, -0.05) is 24.6 Å². The molecule has 6 nitrogen and oxygen atoms in total. The molecule has 0 aliphatic carbocycles. The van der Waals surface area contributed by atoms with Crippen molar-refractivity contribution in [2.45, 2.75) is 26.7 Å². The lowest BCUT2D eigenvalue weighted by molar-refractivity contribution is -0.151. The molecular weight excluding hydrogens is 308 g/mol.